The third kappa shape index (κ3) is 2.06. The summed E-state index contributed by atoms with van der Waals surface area (Å²) in [6.45, 7) is 0.523. The molecule has 0 aliphatic carbocycles. The Labute approximate surface area is 109 Å². The van der Waals surface area contributed by atoms with Crippen molar-refractivity contribution in [2.75, 3.05) is 0 Å². The number of hydrogen-bond donors (Lipinski definition) is 0. The Kier molecular flexibility index (Phi) is 2.72. The van der Waals surface area contributed by atoms with Crippen LogP contribution in [0.5, 0.6) is 0 Å². The smallest absolute Gasteiger partial charge is 0.258 e. The van der Waals surface area contributed by atoms with Crippen LogP contribution >= 0.6 is 0 Å². The second-order valence-corrected chi connectivity index (χ2v) is 4.26. The largest absolute Gasteiger partial charge is 0.295 e. The van der Waals surface area contributed by atoms with Crippen LogP contribution in [0.1, 0.15) is 5.56 Å². The first-order valence-corrected chi connectivity index (χ1v) is 5.88. The van der Waals surface area contributed by atoms with Crippen LogP contribution < -0.4 is 0 Å². The molecule has 0 aliphatic heterocycles. The van der Waals surface area contributed by atoms with Crippen molar-refractivity contribution in [1.29, 1.82) is 0 Å². The van der Waals surface area contributed by atoms with Gasteiger partial charge in [-0.1, -0.05) is 42.5 Å². The van der Waals surface area contributed by atoms with Gasteiger partial charge < -0.3 is 0 Å². The molecular formula is C14H11N3O2. The van der Waals surface area contributed by atoms with E-state index >= 15 is 0 Å². The van der Waals surface area contributed by atoms with Crippen molar-refractivity contribution in [3.63, 3.8) is 0 Å². The molecule has 0 saturated carbocycles. The molecule has 0 radical (unpaired) electrons. The van der Waals surface area contributed by atoms with Gasteiger partial charge in [0.05, 0.1) is 17.7 Å². The SMILES string of the molecule is O=[N+]([O-])c1cccc2cnn(Cc3ccccc3)c12. The Morgan fingerprint density at radius 3 is 2.63 bits per heavy atom. The summed E-state index contributed by atoms with van der Waals surface area (Å²) >= 11 is 0. The van der Waals surface area contributed by atoms with Crippen molar-refractivity contribution in [2.24, 2.45) is 0 Å². The van der Waals surface area contributed by atoms with E-state index < -0.39 is 0 Å². The lowest BCUT2D eigenvalue weighted by molar-refractivity contribution is -0.383. The standard InChI is InChI=1S/C14H11N3O2/c18-17(19)13-8-4-7-12-9-15-16(14(12)13)10-11-5-2-1-3-6-11/h1-9H,10H2. The third-order valence-corrected chi connectivity index (χ3v) is 3.01. The molecule has 0 fully saturated rings. The number of para-hydroxylation sites is 1. The summed E-state index contributed by atoms with van der Waals surface area (Å²) in [5.41, 5.74) is 1.72. The number of hydrogen-bond acceptors (Lipinski definition) is 3. The van der Waals surface area contributed by atoms with Gasteiger partial charge in [-0.2, -0.15) is 5.10 Å². The summed E-state index contributed by atoms with van der Waals surface area (Å²) in [6.07, 6.45) is 1.66. The van der Waals surface area contributed by atoms with Crippen LogP contribution in [0, 0.1) is 10.1 Å². The zero-order chi connectivity index (χ0) is 13.2. The van der Waals surface area contributed by atoms with Gasteiger partial charge in [-0.15, -0.1) is 0 Å². The van der Waals surface area contributed by atoms with Crippen molar-refractivity contribution >= 4 is 16.6 Å². The number of nitrogens with zero attached hydrogens (tertiary/aromatic N) is 3. The Morgan fingerprint density at radius 2 is 1.89 bits per heavy atom. The maximum absolute atomic E-state index is 11.1. The predicted molar refractivity (Wildman–Crippen MR) is 71.9 cm³/mol. The summed E-state index contributed by atoms with van der Waals surface area (Å²) in [4.78, 5) is 10.7. The molecule has 5 nitrogen and oxygen atoms in total. The molecule has 0 atom stereocenters. The highest BCUT2D eigenvalue weighted by molar-refractivity contribution is 5.87. The molecule has 0 unspecified atom stereocenters. The molecule has 3 aromatic rings. The summed E-state index contributed by atoms with van der Waals surface area (Å²) in [5.74, 6) is 0. The molecule has 0 spiro atoms. The number of aromatic nitrogens is 2. The van der Waals surface area contributed by atoms with E-state index in [0.29, 0.717) is 12.1 Å². The molecule has 94 valence electrons. The number of nitro benzene ring substituents is 1. The Bertz CT molecular complexity index is 735. The lowest BCUT2D eigenvalue weighted by Gasteiger charge is -2.04. The van der Waals surface area contributed by atoms with E-state index in [9.17, 15) is 10.1 Å². The van der Waals surface area contributed by atoms with Gasteiger partial charge in [-0.25, -0.2) is 0 Å². The Hall–Kier alpha value is -2.69. The number of nitro groups is 1. The van der Waals surface area contributed by atoms with Crippen molar-refractivity contribution in [3.8, 4) is 0 Å². The molecule has 1 aromatic heterocycles. The summed E-state index contributed by atoms with van der Waals surface area (Å²) in [6, 6.07) is 14.8. The fourth-order valence-corrected chi connectivity index (χ4v) is 2.15. The van der Waals surface area contributed by atoms with Crippen LogP contribution in [0.15, 0.2) is 54.7 Å². The lowest BCUT2D eigenvalue weighted by Crippen LogP contribution is -2.03. The molecular weight excluding hydrogens is 242 g/mol. The van der Waals surface area contributed by atoms with Crippen LogP contribution in [-0.4, -0.2) is 14.7 Å². The first-order chi connectivity index (χ1) is 9.25. The van der Waals surface area contributed by atoms with E-state index in [1.165, 1.54) is 6.07 Å². The fraction of sp³-hybridized carbons (Fsp3) is 0.0714. The van der Waals surface area contributed by atoms with Gasteiger partial charge in [0.1, 0.15) is 5.52 Å². The van der Waals surface area contributed by atoms with E-state index in [0.717, 1.165) is 10.9 Å². The Morgan fingerprint density at radius 1 is 1.11 bits per heavy atom. The van der Waals surface area contributed by atoms with Gasteiger partial charge in [-0.3, -0.25) is 14.8 Å². The van der Waals surface area contributed by atoms with Crippen LogP contribution in [0.2, 0.25) is 0 Å². The first-order valence-electron chi connectivity index (χ1n) is 5.88. The van der Waals surface area contributed by atoms with Crippen molar-refractivity contribution in [1.82, 2.24) is 9.78 Å². The minimum atomic E-state index is -0.370. The maximum Gasteiger partial charge on any atom is 0.295 e. The average Bonchev–Trinajstić information content (AvgIpc) is 2.83. The monoisotopic (exact) mass is 253 g/mol. The van der Waals surface area contributed by atoms with E-state index in [4.69, 9.17) is 0 Å². The second-order valence-electron chi connectivity index (χ2n) is 4.26. The maximum atomic E-state index is 11.1. The van der Waals surface area contributed by atoms with E-state index in [1.807, 2.05) is 36.4 Å². The predicted octanol–water partition coefficient (Wildman–Crippen LogP) is 2.99. The molecule has 1 heterocycles. The molecule has 0 bridgehead atoms. The summed E-state index contributed by atoms with van der Waals surface area (Å²) < 4.78 is 1.67. The molecule has 5 heteroatoms. The fourth-order valence-electron chi connectivity index (χ4n) is 2.15. The zero-order valence-electron chi connectivity index (χ0n) is 10.1. The van der Waals surface area contributed by atoms with Crippen LogP contribution in [-0.2, 0) is 6.54 Å². The van der Waals surface area contributed by atoms with Crippen molar-refractivity contribution in [3.05, 3.63) is 70.4 Å². The van der Waals surface area contributed by atoms with Crippen LogP contribution in [0.4, 0.5) is 5.69 Å². The minimum Gasteiger partial charge on any atom is -0.258 e. The van der Waals surface area contributed by atoms with Gasteiger partial charge in [0.25, 0.3) is 5.69 Å². The molecule has 2 aromatic carbocycles. The third-order valence-electron chi connectivity index (χ3n) is 3.01. The van der Waals surface area contributed by atoms with Crippen LogP contribution in [0.25, 0.3) is 10.9 Å². The quantitative estimate of drug-likeness (QED) is 0.532. The minimum absolute atomic E-state index is 0.0888. The van der Waals surface area contributed by atoms with Gasteiger partial charge in [0, 0.05) is 11.5 Å². The average molecular weight is 253 g/mol. The van der Waals surface area contributed by atoms with Crippen molar-refractivity contribution < 1.29 is 4.92 Å². The number of non-ortho nitro benzene ring substituents is 1. The second kappa shape index (κ2) is 4.53. The highest BCUT2D eigenvalue weighted by Gasteiger charge is 2.16. The van der Waals surface area contributed by atoms with E-state index in [-0.39, 0.29) is 10.6 Å². The topological polar surface area (TPSA) is 61.0 Å². The molecule has 0 aliphatic rings. The van der Waals surface area contributed by atoms with Crippen LogP contribution in [0.3, 0.4) is 0 Å². The van der Waals surface area contributed by atoms with Gasteiger partial charge in [0.2, 0.25) is 0 Å². The Balaban J connectivity index is 2.12. The molecule has 19 heavy (non-hydrogen) atoms. The molecule has 0 saturated heterocycles. The van der Waals surface area contributed by atoms with E-state index in [1.54, 1.807) is 16.9 Å². The molecule has 3 rings (SSSR count). The molecule has 0 amide bonds. The van der Waals surface area contributed by atoms with Gasteiger partial charge >= 0.3 is 0 Å². The lowest BCUT2D eigenvalue weighted by atomic mass is 10.2. The molecule has 0 N–H and O–H groups in total. The van der Waals surface area contributed by atoms with Crippen molar-refractivity contribution in [2.45, 2.75) is 6.54 Å². The van der Waals surface area contributed by atoms with Gasteiger partial charge in [-0.05, 0) is 5.56 Å². The summed E-state index contributed by atoms with van der Waals surface area (Å²) in [5, 5.41) is 16.1. The number of benzene rings is 2. The van der Waals surface area contributed by atoms with E-state index in [2.05, 4.69) is 5.10 Å². The number of rotatable bonds is 3. The summed E-state index contributed by atoms with van der Waals surface area (Å²) in [7, 11) is 0. The zero-order valence-corrected chi connectivity index (χ0v) is 10.1. The highest BCUT2D eigenvalue weighted by atomic mass is 16.6. The normalized spacial score (nSPS) is 10.7. The highest BCUT2D eigenvalue weighted by Crippen LogP contribution is 2.25. The first kappa shape index (κ1) is 11.4. The van der Waals surface area contributed by atoms with Gasteiger partial charge in [0.15, 0.2) is 0 Å². The number of fused-ring (bicyclic) bond motifs is 1.